The fourth-order valence-corrected chi connectivity index (χ4v) is 3.97. The number of benzene rings is 2. The first kappa shape index (κ1) is 20.1. The summed E-state index contributed by atoms with van der Waals surface area (Å²) in [7, 11) is 0. The number of carbonyl (C=O) groups is 2. The van der Waals surface area contributed by atoms with Crippen molar-refractivity contribution in [2.45, 2.75) is 19.9 Å². The third-order valence-corrected chi connectivity index (χ3v) is 5.55. The van der Waals surface area contributed by atoms with Crippen LogP contribution in [0.2, 0.25) is 5.02 Å². The average molecular weight is 440 g/mol. The molecule has 2 aromatic heterocycles. The molecule has 0 aliphatic heterocycles. The number of carbonyl (C=O) groups excluding carboxylic acids is 2. The third kappa shape index (κ3) is 4.37. The molecule has 152 valence electrons. The van der Waals surface area contributed by atoms with E-state index in [4.69, 9.17) is 16.0 Å². The lowest BCUT2D eigenvalue weighted by molar-refractivity contribution is -0.119. The summed E-state index contributed by atoms with van der Waals surface area (Å²) in [6.07, 6.45) is 0. The molecule has 0 bridgehead atoms. The molecule has 6 nitrogen and oxygen atoms in total. The maximum atomic E-state index is 12.5. The van der Waals surface area contributed by atoms with Crippen molar-refractivity contribution in [3.05, 3.63) is 70.3 Å². The van der Waals surface area contributed by atoms with E-state index in [0.717, 1.165) is 22.2 Å². The van der Waals surface area contributed by atoms with Gasteiger partial charge in [0.05, 0.1) is 11.7 Å². The summed E-state index contributed by atoms with van der Waals surface area (Å²) in [6, 6.07) is 14.6. The average Bonchev–Trinajstić information content (AvgIpc) is 3.34. The predicted octanol–water partition coefficient (Wildman–Crippen LogP) is 5.66. The molecule has 30 heavy (non-hydrogen) atoms. The topological polar surface area (TPSA) is 84.2 Å². The van der Waals surface area contributed by atoms with Gasteiger partial charge in [0.15, 0.2) is 10.9 Å². The molecular formula is C22H18ClN3O3S. The maximum Gasteiger partial charge on any atom is 0.293 e. The van der Waals surface area contributed by atoms with Crippen LogP contribution in [-0.2, 0) is 4.79 Å². The van der Waals surface area contributed by atoms with Gasteiger partial charge in [0, 0.05) is 28.3 Å². The van der Waals surface area contributed by atoms with Gasteiger partial charge in [-0.3, -0.25) is 14.9 Å². The van der Waals surface area contributed by atoms with Crippen molar-refractivity contribution in [1.82, 2.24) is 10.3 Å². The number of thiazole rings is 1. The van der Waals surface area contributed by atoms with Gasteiger partial charge in [0.1, 0.15) is 5.58 Å². The second-order valence-corrected chi connectivity index (χ2v) is 8.12. The van der Waals surface area contributed by atoms with Crippen molar-refractivity contribution < 1.29 is 14.0 Å². The van der Waals surface area contributed by atoms with Gasteiger partial charge in [-0.25, -0.2) is 4.98 Å². The summed E-state index contributed by atoms with van der Waals surface area (Å²) in [6.45, 7) is 3.43. The van der Waals surface area contributed by atoms with Gasteiger partial charge >= 0.3 is 0 Å². The van der Waals surface area contributed by atoms with Gasteiger partial charge in [-0.15, -0.1) is 11.3 Å². The molecule has 4 aromatic rings. The highest BCUT2D eigenvalue weighted by molar-refractivity contribution is 7.14. The summed E-state index contributed by atoms with van der Waals surface area (Å²) >= 11 is 7.31. The fourth-order valence-electron chi connectivity index (χ4n) is 3.08. The molecule has 2 heterocycles. The smallest absolute Gasteiger partial charge is 0.293 e. The Morgan fingerprint density at radius 2 is 1.90 bits per heavy atom. The van der Waals surface area contributed by atoms with Gasteiger partial charge in [-0.05, 0) is 36.8 Å². The van der Waals surface area contributed by atoms with Crippen LogP contribution in [0, 0.1) is 0 Å². The summed E-state index contributed by atoms with van der Waals surface area (Å²) < 4.78 is 5.59. The Labute approximate surface area is 181 Å². The number of rotatable bonds is 5. The van der Waals surface area contributed by atoms with E-state index in [-0.39, 0.29) is 23.6 Å². The van der Waals surface area contributed by atoms with E-state index in [1.165, 1.54) is 18.3 Å². The van der Waals surface area contributed by atoms with Crippen molar-refractivity contribution in [3.8, 4) is 11.3 Å². The van der Waals surface area contributed by atoms with Crippen molar-refractivity contribution in [3.63, 3.8) is 0 Å². The predicted molar refractivity (Wildman–Crippen MR) is 119 cm³/mol. The van der Waals surface area contributed by atoms with E-state index in [0.29, 0.717) is 15.7 Å². The minimum Gasteiger partial charge on any atom is -0.451 e. The monoisotopic (exact) mass is 439 g/mol. The number of halogens is 1. The second-order valence-electron chi connectivity index (χ2n) is 6.83. The van der Waals surface area contributed by atoms with E-state index in [2.05, 4.69) is 15.6 Å². The summed E-state index contributed by atoms with van der Waals surface area (Å²) in [5, 5.41) is 9.32. The maximum absolute atomic E-state index is 12.5. The molecule has 0 aliphatic rings. The standard InChI is InChI=1S/C22H18ClN3O3S/c1-12(24-13(2)27)14-3-5-15(6-4-14)18-11-30-22(25-18)26-21(28)20-10-16-9-17(23)7-8-19(16)29-20/h3-12H,1-2H3,(H,24,27)(H,25,26,28). The zero-order chi connectivity index (χ0) is 21.3. The van der Waals surface area contributed by atoms with Crippen LogP contribution in [-0.4, -0.2) is 16.8 Å². The molecule has 0 radical (unpaired) electrons. The Hall–Kier alpha value is -3.16. The van der Waals surface area contributed by atoms with Crippen LogP contribution in [0.25, 0.3) is 22.2 Å². The van der Waals surface area contributed by atoms with Gasteiger partial charge in [-0.1, -0.05) is 35.9 Å². The molecule has 0 fully saturated rings. The lowest BCUT2D eigenvalue weighted by Gasteiger charge is -2.12. The third-order valence-electron chi connectivity index (χ3n) is 4.55. The summed E-state index contributed by atoms with van der Waals surface area (Å²) in [4.78, 5) is 28.2. The van der Waals surface area contributed by atoms with Crippen LogP contribution < -0.4 is 10.6 Å². The van der Waals surface area contributed by atoms with Crippen molar-refractivity contribution in [1.29, 1.82) is 0 Å². The SMILES string of the molecule is CC(=O)NC(C)c1ccc(-c2csc(NC(=O)c3cc4cc(Cl)ccc4o3)n2)cc1. The Morgan fingerprint density at radius 1 is 1.13 bits per heavy atom. The van der Waals surface area contributed by atoms with Crippen molar-refractivity contribution in [2.24, 2.45) is 0 Å². The molecule has 1 atom stereocenters. The molecule has 2 aromatic carbocycles. The van der Waals surface area contributed by atoms with Crippen LogP contribution in [0.3, 0.4) is 0 Å². The number of nitrogens with zero attached hydrogens (tertiary/aromatic N) is 1. The highest BCUT2D eigenvalue weighted by Gasteiger charge is 2.15. The number of hydrogen-bond acceptors (Lipinski definition) is 5. The first-order valence-electron chi connectivity index (χ1n) is 9.22. The minimum atomic E-state index is -0.372. The number of hydrogen-bond donors (Lipinski definition) is 2. The number of aromatic nitrogens is 1. The first-order chi connectivity index (χ1) is 14.4. The molecule has 0 saturated carbocycles. The molecule has 1 unspecified atom stereocenters. The second kappa shape index (κ2) is 8.30. The van der Waals surface area contributed by atoms with E-state index in [9.17, 15) is 9.59 Å². The summed E-state index contributed by atoms with van der Waals surface area (Å²) in [5.41, 5.74) is 3.27. The molecule has 4 rings (SSSR count). The van der Waals surface area contributed by atoms with Gasteiger partial charge in [0.25, 0.3) is 5.91 Å². The number of fused-ring (bicyclic) bond motifs is 1. The van der Waals surface area contributed by atoms with Gasteiger partial charge in [-0.2, -0.15) is 0 Å². The fraction of sp³-hybridized carbons (Fsp3) is 0.136. The van der Waals surface area contributed by atoms with E-state index in [1.54, 1.807) is 24.3 Å². The molecular weight excluding hydrogens is 422 g/mol. The highest BCUT2D eigenvalue weighted by atomic mass is 35.5. The van der Waals surface area contributed by atoms with E-state index < -0.39 is 0 Å². The van der Waals surface area contributed by atoms with Gasteiger partial charge < -0.3 is 9.73 Å². The first-order valence-corrected chi connectivity index (χ1v) is 10.5. The normalized spacial score (nSPS) is 12.0. The molecule has 8 heteroatoms. The van der Waals surface area contributed by atoms with Crippen LogP contribution in [0.5, 0.6) is 0 Å². The highest BCUT2D eigenvalue weighted by Crippen LogP contribution is 2.28. The lowest BCUT2D eigenvalue weighted by atomic mass is 10.1. The van der Waals surface area contributed by atoms with Crippen LogP contribution in [0.15, 0.2) is 58.3 Å². The summed E-state index contributed by atoms with van der Waals surface area (Å²) in [5.74, 6) is -0.248. The van der Waals surface area contributed by atoms with Crippen LogP contribution in [0.4, 0.5) is 5.13 Å². The van der Waals surface area contributed by atoms with Gasteiger partial charge in [0.2, 0.25) is 5.91 Å². The zero-order valence-electron chi connectivity index (χ0n) is 16.2. The quantitative estimate of drug-likeness (QED) is 0.420. The Morgan fingerprint density at radius 3 is 2.63 bits per heavy atom. The molecule has 0 aliphatic carbocycles. The Balaban J connectivity index is 1.47. The number of anilines is 1. The van der Waals surface area contributed by atoms with E-state index >= 15 is 0 Å². The number of furan rings is 1. The molecule has 2 N–H and O–H groups in total. The Bertz CT molecular complexity index is 1230. The van der Waals surface area contributed by atoms with Crippen LogP contribution in [0.1, 0.15) is 36.0 Å². The minimum absolute atomic E-state index is 0.0690. The molecule has 2 amide bonds. The molecule has 0 saturated heterocycles. The number of amides is 2. The zero-order valence-corrected chi connectivity index (χ0v) is 17.8. The van der Waals surface area contributed by atoms with Crippen molar-refractivity contribution in [2.75, 3.05) is 5.32 Å². The van der Waals surface area contributed by atoms with E-state index in [1.807, 2.05) is 36.6 Å². The Kier molecular flexibility index (Phi) is 5.57. The molecule has 0 spiro atoms. The lowest BCUT2D eigenvalue weighted by Crippen LogP contribution is -2.23. The largest absolute Gasteiger partial charge is 0.451 e. The number of nitrogens with one attached hydrogen (secondary N) is 2. The van der Waals surface area contributed by atoms with Crippen molar-refractivity contribution >= 4 is 50.9 Å². The van der Waals surface area contributed by atoms with Crippen LogP contribution >= 0.6 is 22.9 Å².